The number of hydrogen-bond donors (Lipinski definition) is 0. The molecule has 2 bridgehead atoms. The number of amides is 2. The summed E-state index contributed by atoms with van der Waals surface area (Å²) in [6, 6.07) is 22.8. The third-order valence-electron chi connectivity index (χ3n) is 8.08. The molecule has 2 aliphatic carbocycles. The summed E-state index contributed by atoms with van der Waals surface area (Å²) in [6.07, 6.45) is 1.81. The van der Waals surface area contributed by atoms with Crippen molar-refractivity contribution in [2.45, 2.75) is 18.8 Å². The van der Waals surface area contributed by atoms with E-state index in [1.807, 2.05) is 18.2 Å². The van der Waals surface area contributed by atoms with Crippen LogP contribution in [0.5, 0.6) is 0 Å². The van der Waals surface area contributed by atoms with Gasteiger partial charge in [-0.05, 0) is 78.6 Å². The summed E-state index contributed by atoms with van der Waals surface area (Å²) in [5.74, 6) is -1.45. The standard InChI is InChI=1S/C30H24ClNO5/c31-21-11-9-18(10-12-21)25(33)16-37-30(36)19-7-4-8-22(13-19)32-28(34)26-20-14-23(17-5-2-1-3-6-17)24(15-20)27(26)29(32)35/h1-13,20,23-24,26-27H,14-16H2/t20-,23+,24+,26-,27-/m1/s1. The lowest BCUT2D eigenvalue weighted by Gasteiger charge is -2.28. The van der Waals surface area contributed by atoms with E-state index in [-0.39, 0.29) is 52.8 Å². The Balaban J connectivity index is 1.18. The van der Waals surface area contributed by atoms with Crippen LogP contribution in [0, 0.1) is 23.7 Å². The Labute approximate surface area is 219 Å². The van der Waals surface area contributed by atoms with E-state index < -0.39 is 12.6 Å². The monoisotopic (exact) mass is 513 g/mol. The largest absolute Gasteiger partial charge is 0.454 e. The fourth-order valence-corrected chi connectivity index (χ4v) is 6.63. The Morgan fingerprint density at radius 2 is 1.57 bits per heavy atom. The molecule has 6 rings (SSSR count). The van der Waals surface area contributed by atoms with Crippen molar-refractivity contribution in [3.8, 4) is 0 Å². The summed E-state index contributed by atoms with van der Waals surface area (Å²) in [5.41, 5.74) is 2.14. The van der Waals surface area contributed by atoms with Gasteiger partial charge in [0.15, 0.2) is 12.4 Å². The van der Waals surface area contributed by atoms with Crippen molar-refractivity contribution in [1.82, 2.24) is 0 Å². The van der Waals surface area contributed by atoms with Crippen LogP contribution in [0.2, 0.25) is 5.02 Å². The van der Waals surface area contributed by atoms with Crippen LogP contribution in [0.25, 0.3) is 0 Å². The number of ether oxygens (including phenoxy) is 1. The summed E-state index contributed by atoms with van der Waals surface area (Å²) in [6.45, 7) is -0.430. The predicted octanol–water partition coefficient (Wildman–Crippen LogP) is 5.31. The highest BCUT2D eigenvalue weighted by Crippen LogP contribution is 2.61. The van der Waals surface area contributed by atoms with E-state index in [4.69, 9.17) is 16.3 Å². The minimum atomic E-state index is -0.701. The number of carbonyl (C=O) groups excluding carboxylic acids is 4. The van der Waals surface area contributed by atoms with Crippen molar-refractivity contribution in [1.29, 1.82) is 0 Å². The van der Waals surface area contributed by atoms with Gasteiger partial charge in [-0.2, -0.15) is 0 Å². The van der Waals surface area contributed by atoms with Gasteiger partial charge in [-0.25, -0.2) is 4.79 Å². The summed E-state index contributed by atoms with van der Waals surface area (Å²) in [5, 5.41) is 0.504. The van der Waals surface area contributed by atoms with Gasteiger partial charge in [0.25, 0.3) is 0 Å². The molecule has 2 saturated carbocycles. The zero-order valence-corrected chi connectivity index (χ0v) is 20.6. The first-order valence-electron chi connectivity index (χ1n) is 12.4. The molecule has 1 aliphatic heterocycles. The lowest BCUT2D eigenvalue weighted by atomic mass is 9.73. The summed E-state index contributed by atoms with van der Waals surface area (Å²) < 4.78 is 5.22. The van der Waals surface area contributed by atoms with Crippen molar-refractivity contribution in [3.63, 3.8) is 0 Å². The number of imide groups is 1. The maximum atomic E-state index is 13.6. The summed E-state index contributed by atoms with van der Waals surface area (Å²) >= 11 is 5.85. The number of carbonyl (C=O) groups is 4. The molecule has 6 nitrogen and oxygen atoms in total. The second-order valence-corrected chi connectivity index (χ2v) is 10.5. The van der Waals surface area contributed by atoms with Gasteiger partial charge < -0.3 is 4.74 Å². The van der Waals surface area contributed by atoms with Crippen molar-refractivity contribution in [3.05, 3.63) is 101 Å². The first-order valence-corrected chi connectivity index (χ1v) is 12.8. The Morgan fingerprint density at radius 1 is 0.838 bits per heavy atom. The van der Waals surface area contributed by atoms with E-state index in [0.29, 0.717) is 16.3 Å². The van der Waals surface area contributed by atoms with E-state index in [2.05, 4.69) is 12.1 Å². The molecular weight excluding hydrogens is 490 g/mol. The van der Waals surface area contributed by atoms with Gasteiger partial charge in [-0.15, -0.1) is 0 Å². The van der Waals surface area contributed by atoms with Crippen LogP contribution in [0.1, 0.15) is 45.0 Å². The quantitative estimate of drug-likeness (QED) is 0.253. The van der Waals surface area contributed by atoms with E-state index in [1.165, 1.54) is 16.5 Å². The third-order valence-corrected chi connectivity index (χ3v) is 8.34. The highest BCUT2D eigenvalue weighted by molar-refractivity contribution is 6.30. The maximum absolute atomic E-state index is 13.6. The molecule has 3 fully saturated rings. The number of anilines is 1. The fraction of sp³-hybridized carbons (Fsp3) is 0.267. The number of benzene rings is 3. The highest BCUT2D eigenvalue weighted by Gasteiger charge is 2.64. The van der Waals surface area contributed by atoms with Gasteiger partial charge in [0, 0.05) is 10.6 Å². The molecular formula is C30H24ClNO5. The molecule has 1 saturated heterocycles. The van der Waals surface area contributed by atoms with E-state index in [1.54, 1.807) is 42.5 Å². The molecule has 37 heavy (non-hydrogen) atoms. The van der Waals surface area contributed by atoms with E-state index in [0.717, 1.165) is 12.8 Å². The lowest BCUT2D eigenvalue weighted by molar-refractivity contribution is -0.123. The molecule has 3 aromatic rings. The summed E-state index contributed by atoms with van der Waals surface area (Å²) in [4.78, 5) is 53.3. The first kappa shape index (κ1) is 23.6. The highest BCUT2D eigenvalue weighted by atomic mass is 35.5. The van der Waals surface area contributed by atoms with Gasteiger partial charge in [-0.3, -0.25) is 19.3 Å². The van der Waals surface area contributed by atoms with E-state index >= 15 is 0 Å². The molecule has 0 aromatic heterocycles. The number of nitrogens with zero attached hydrogens (tertiary/aromatic N) is 1. The molecule has 3 aliphatic rings. The second kappa shape index (κ2) is 9.27. The Bertz CT molecular complexity index is 1400. The van der Waals surface area contributed by atoms with Crippen LogP contribution in [-0.2, 0) is 14.3 Å². The Kier molecular flexibility index (Phi) is 5.92. The smallest absolute Gasteiger partial charge is 0.338 e. The van der Waals surface area contributed by atoms with Gasteiger partial charge in [0.2, 0.25) is 11.8 Å². The van der Waals surface area contributed by atoms with E-state index in [9.17, 15) is 19.2 Å². The SMILES string of the molecule is O=C(COC(=O)c1cccc(N2C(=O)[C@@H]3[C@H]4C[C@H]([C@H]3C2=O)[C@H](c2ccccc2)C4)c1)c1ccc(Cl)cc1. The lowest BCUT2D eigenvalue weighted by Crippen LogP contribution is -2.33. The second-order valence-electron chi connectivity index (χ2n) is 10.0. The Morgan fingerprint density at radius 3 is 2.32 bits per heavy atom. The van der Waals surface area contributed by atoms with Gasteiger partial charge >= 0.3 is 5.97 Å². The van der Waals surface area contributed by atoms with Crippen LogP contribution >= 0.6 is 11.6 Å². The number of Topliss-reactive ketones (excluding diaryl/α,β-unsaturated/α-hetero) is 1. The summed E-state index contributed by atoms with van der Waals surface area (Å²) in [7, 11) is 0. The normalized spacial score (nSPS) is 25.9. The zero-order chi connectivity index (χ0) is 25.7. The molecule has 5 atom stereocenters. The van der Waals surface area contributed by atoms with Crippen molar-refractivity contribution < 1.29 is 23.9 Å². The molecule has 0 N–H and O–H groups in total. The molecule has 3 aromatic carbocycles. The van der Waals surface area contributed by atoms with Gasteiger partial charge in [0.05, 0.1) is 23.1 Å². The average Bonchev–Trinajstić information content (AvgIpc) is 3.59. The molecule has 186 valence electrons. The first-order chi connectivity index (χ1) is 17.9. The number of esters is 1. The predicted molar refractivity (Wildman–Crippen MR) is 137 cm³/mol. The van der Waals surface area contributed by atoms with Crippen molar-refractivity contribution in [2.24, 2.45) is 23.7 Å². The molecule has 0 spiro atoms. The molecule has 1 heterocycles. The third kappa shape index (κ3) is 4.05. The number of hydrogen-bond acceptors (Lipinski definition) is 5. The van der Waals surface area contributed by atoms with Crippen LogP contribution in [-0.4, -0.2) is 30.2 Å². The topological polar surface area (TPSA) is 80.8 Å². The fourth-order valence-electron chi connectivity index (χ4n) is 6.50. The molecule has 7 heteroatoms. The number of fused-ring (bicyclic) bond motifs is 5. The molecule has 0 radical (unpaired) electrons. The van der Waals surface area contributed by atoms with Crippen LogP contribution in [0.3, 0.4) is 0 Å². The van der Waals surface area contributed by atoms with Crippen LogP contribution in [0.15, 0.2) is 78.9 Å². The van der Waals surface area contributed by atoms with Crippen LogP contribution in [0.4, 0.5) is 5.69 Å². The number of halogens is 1. The van der Waals surface area contributed by atoms with Crippen LogP contribution < -0.4 is 4.90 Å². The van der Waals surface area contributed by atoms with Crippen molar-refractivity contribution >= 4 is 40.9 Å². The van der Waals surface area contributed by atoms with Gasteiger partial charge in [-0.1, -0.05) is 48.0 Å². The molecule has 2 amide bonds. The average molecular weight is 514 g/mol. The maximum Gasteiger partial charge on any atom is 0.338 e. The molecule has 0 unspecified atom stereocenters. The number of rotatable bonds is 6. The number of ketones is 1. The van der Waals surface area contributed by atoms with Gasteiger partial charge in [0.1, 0.15) is 0 Å². The van der Waals surface area contributed by atoms with Crippen molar-refractivity contribution in [2.75, 3.05) is 11.5 Å². The Hall–Kier alpha value is -3.77. The minimum Gasteiger partial charge on any atom is -0.454 e. The zero-order valence-electron chi connectivity index (χ0n) is 19.9. The minimum absolute atomic E-state index is 0.144.